The number of hydrogen-bond donors (Lipinski definition) is 2. The summed E-state index contributed by atoms with van der Waals surface area (Å²) in [5.74, 6) is -2.17. The van der Waals surface area contributed by atoms with Gasteiger partial charge in [-0.15, -0.1) is 5.10 Å². The maximum atomic E-state index is 14.9. The van der Waals surface area contributed by atoms with Crippen LogP contribution in [0.25, 0.3) is 5.65 Å². The Labute approximate surface area is 192 Å². The highest BCUT2D eigenvalue weighted by atomic mass is 19.1. The van der Waals surface area contributed by atoms with E-state index in [9.17, 15) is 18.4 Å². The van der Waals surface area contributed by atoms with E-state index in [0.717, 1.165) is 23.1 Å². The Morgan fingerprint density at radius 2 is 1.94 bits per heavy atom. The third-order valence-electron chi connectivity index (χ3n) is 6.00. The SMILES string of the molecule is Nc1nn2cc(F)cnc2c1C(=O)Nc1cncc(F)c1N1CCN(C(=O)C2CCOC2)CC1. The summed E-state index contributed by atoms with van der Waals surface area (Å²) >= 11 is 0. The minimum Gasteiger partial charge on any atom is -0.381 e. The van der Waals surface area contributed by atoms with Crippen molar-refractivity contribution in [1.29, 1.82) is 0 Å². The summed E-state index contributed by atoms with van der Waals surface area (Å²) in [6.45, 7) is 2.61. The molecule has 0 aliphatic carbocycles. The van der Waals surface area contributed by atoms with Crippen molar-refractivity contribution in [1.82, 2.24) is 24.5 Å². The molecule has 11 nitrogen and oxygen atoms in total. The number of anilines is 3. The molecule has 2 amide bonds. The molecule has 3 aromatic rings. The summed E-state index contributed by atoms with van der Waals surface area (Å²) in [5, 5.41) is 6.54. The van der Waals surface area contributed by atoms with Gasteiger partial charge in [0.2, 0.25) is 5.91 Å². The van der Waals surface area contributed by atoms with Gasteiger partial charge < -0.3 is 25.6 Å². The van der Waals surface area contributed by atoms with Gasteiger partial charge in [-0.25, -0.2) is 18.3 Å². The van der Waals surface area contributed by atoms with Gasteiger partial charge in [-0.3, -0.25) is 14.6 Å². The Morgan fingerprint density at radius 3 is 2.68 bits per heavy atom. The van der Waals surface area contributed by atoms with Crippen molar-refractivity contribution in [3.8, 4) is 0 Å². The second-order valence-corrected chi connectivity index (χ2v) is 8.15. The molecule has 3 N–H and O–H groups in total. The number of halogens is 2. The van der Waals surface area contributed by atoms with Crippen LogP contribution in [-0.4, -0.2) is 75.7 Å². The number of aromatic nitrogens is 4. The summed E-state index contributed by atoms with van der Waals surface area (Å²) in [4.78, 5) is 36.9. The summed E-state index contributed by atoms with van der Waals surface area (Å²) in [7, 11) is 0. The average molecular weight is 472 g/mol. The molecule has 1 atom stereocenters. The Hall–Kier alpha value is -3.87. The third kappa shape index (κ3) is 3.98. The lowest BCUT2D eigenvalue weighted by Gasteiger charge is -2.37. The van der Waals surface area contributed by atoms with Crippen LogP contribution >= 0.6 is 0 Å². The number of fused-ring (bicyclic) bond motifs is 1. The first kappa shape index (κ1) is 21.9. The number of ether oxygens (including phenoxy) is 1. The van der Waals surface area contributed by atoms with E-state index in [0.29, 0.717) is 45.8 Å². The number of nitrogen functional groups attached to an aromatic ring is 1. The summed E-state index contributed by atoms with van der Waals surface area (Å²) < 4.78 is 34.7. The molecule has 0 spiro atoms. The zero-order chi connectivity index (χ0) is 23.8. The molecular formula is C21H22F2N8O3. The van der Waals surface area contributed by atoms with Crippen molar-refractivity contribution in [3.05, 3.63) is 42.0 Å². The molecule has 34 heavy (non-hydrogen) atoms. The highest BCUT2D eigenvalue weighted by Gasteiger charge is 2.31. The second-order valence-electron chi connectivity index (χ2n) is 8.15. The topological polar surface area (TPSA) is 131 Å². The molecular weight excluding hydrogens is 450 g/mol. The molecule has 2 aliphatic heterocycles. The van der Waals surface area contributed by atoms with Crippen LogP contribution in [0.2, 0.25) is 0 Å². The molecule has 0 saturated carbocycles. The monoisotopic (exact) mass is 472 g/mol. The van der Waals surface area contributed by atoms with Gasteiger partial charge in [-0.05, 0) is 6.42 Å². The van der Waals surface area contributed by atoms with Crippen molar-refractivity contribution in [3.63, 3.8) is 0 Å². The fourth-order valence-corrected chi connectivity index (χ4v) is 4.31. The Bertz CT molecular complexity index is 1250. The van der Waals surface area contributed by atoms with Crippen LogP contribution in [0, 0.1) is 17.6 Å². The van der Waals surface area contributed by atoms with Gasteiger partial charge in [0.25, 0.3) is 5.91 Å². The molecule has 2 fully saturated rings. The van der Waals surface area contributed by atoms with Crippen LogP contribution in [0.15, 0.2) is 24.8 Å². The smallest absolute Gasteiger partial charge is 0.263 e. The molecule has 178 valence electrons. The third-order valence-corrected chi connectivity index (χ3v) is 6.00. The van der Waals surface area contributed by atoms with Crippen molar-refractivity contribution in [2.75, 3.05) is 55.3 Å². The molecule has 5 heterocycles. The van der Waals surface area contributed by atoms with E-state index in [1.54, 1.807) is 9.80 Å². The van der Waals surface area contributed by atoms with Crippen molar-refractivity contribution in [2.45, 2.75) is 6.42 Å². The molecule has 0 aromatic carbocycles. The van der Waals surface area contributed by atoms with Crippen LogP contribution in [0.3, 0.4) is 0 Å². The van der Waals surface area contributed by atoms with Crippen molar-refractivity contribution in [2.24, 2.45) is 5.92 Å². The molecule has 5 rings (SSSR count). The number of carbonyl (C=O) groups is 2. The first-order chi connectivity index (χ1) is 16.4. The zero-order valence-electron chi connectivity index (χ0n) is 18.1. The number of nitrogens with one attached hydrogen (secondary N) is 1. The van der Waals surface area contributed by atoms with E-state index in [4.69, 9.17) is 10.5 Å². The van der Waals surface area contributed by atoms with E-state index in [2.05, 4.69) is 20.4 Å². The van der Waals surface area contributed by atoms with E-state index in [1.807, 2.05) is 0 Å². The van der Waals surface area contributed by atoms with Crippen LogP contribution in [-0.2, 0) is 9.53 Å². The number of nitrogens with zero attached hydrogens (tertiary/aromatic N) is 6. The molecule has 13 heteroatoms. The maximum absolute atomic E-state index is 14.9. The summed E-state index contributed by atoms with van der Waals surface area (Å²) in [5.41, 5.74) is 6.15. The predicted octanol–water partition coefficient (Wildman–Crippen LogP) is 0.922. The van der Waals surface area contributed by atoms with Crippen LogP contribution in [0.5, 0.6) is 0 Å². The lowest BCUT2D eigenvalue weighted by Crippen LogP contribution is -2.51. The van der Waals surface area contributed by atoms with E-state index < -0.39 is 17.5 Å². The second kappa shape index (κ2) is 8.82. The molecule has 3 aromatic heterocycles. The largest absolute Gasteiger partial charge is 0.381 e. The summed E-state index contributed by atoms with van der Waals surface area (Å²) in [6, 6.07) is 0. The van der Waals surface area contributed by atoms with E-state index in [1.165, 1.54) is 6.20 Å². The Kier molecular flexibility index (Phi) is 5.69. The normalized spacial score (nSPS) is 18.5. The molecule has 0 radical (unpaired) electrons. The quantitative estimate of drug-likeness (QED) is 0.573. The van der Waals surface area contributed by atoms with Gasteiger partial charge in [0.05, 0.1) is 43.0 Å². The molecule has 2 saturated heterocycles. The summed E-state index contributed by atoms with van der Waals surface area (Å²) in [6.07, 6.45) is 5.09. The van der Waals surface area contributed by atoms with Crippen LogP contribution < -0.4 is 16.0 Å². The fourth-order valence-electron chi connectivity index (χ4n) is 4.31. The van der Waals surface area contributed by atoms with Gasteiger partial charge >= 0.3 is 0 Å². The maximum Gasteiger partial charge on any atom is 0.263 e. The van der Waals surface area contributed by atoms with Gasteiger partial charge in [-0.1, -0.05) is 0 Å². The van der Waals surface area contributed by atoms with Gasteiger partial charge in [0.15, 0.2) is 23.1 Å². The van der Waals surface area contributed by atoms with Gasteiger partial charge in [0, 0.05) is 32.8 Å². The average Bonchev–Trinajstić information content (AvgIpc) is 3.46. The fraction of sp³-hybridized carbons (Fsp3) is 0.381. The van der Waals surface area contributed by atoms with Gasteiger partial charge in [-0.2, -0.15) is 0 Å². The van der Waals surface area contributed by atoms with Gasteiger partial charge in [0.1, 0.15) is 11.3 Å². The lowest BCUT2D eigenvalue weighted by atomic mass is 10.1. The minimum absolute atomic E-state index is 0.0494. The van der Waals surface area contributed by atoms with E-state index >= 15 is 0 Å². The highest BCUT2D eigenvalue weighted by Crippen LogP contribution is 2.31. The first-order valence-corrected chi connectivity index (χ1v) is 10.8. The number of carbonyl (C=O) groups excluding carboxylic acids is 2. The minimum atomic E-state index is -0.685. The Morgan fingerprint density at radius 1 is 1.15 bits per heavy atom. The molecule has 1 unspecified atom stereocenters. The lowest BCUT2D eigenvalue weighted by molar-refractivity contribution is -0.135. The Balaban J connectivity index is 1.35. The number of rotatable bonds is 4. The molecule has 2 aliphatic rings. The van der Waals surface area contributed by atoms with Crippen molar-refractivity contribution >= 4 is 34.7 Å². The van der Waals surface area contributed by atoms with Crippen LogP contribution in [0.4, 0.5) is 26.0 Å². The van der Waals surface area contributed by atoms with E-state index in [-0.39, 0.29) is 40.2 Å². The van der Waals surface area contributed by atoms with Crippen LogP contribution in [0.1, 0.15) is 16.8 Å². The number of hydrogen-bond acceptors (Lipinski definition) is 8. The number of amides is 2. The number of piperazine rings is 1. The number of nitrogens with two attached hydrogens (primary N) is 1. The zero-order valence-corrected chi connectivity index (χ0v) is 18.1. The number of pyridine rings is 1. The first-order valence-electron chi connectivity index (χ1n) is 10.8. The molecule has 0 bridgehead atoms. The highest BCUT2D eigenvalue weighted by molar-refractivity contribution is 6.12. The van der Waals surface area contributed by atoms with Crippen molar-refractivity contribution < 1.29 is 23.1 Å². The predicted molar refractivity (Wildman–Crippen MR) is 117 cm³/mol. The standard InChI is InChI=1S/C21H22F2N8O3/c22-13-7-26-19-16(18(24)28-31(19)10-13)20(32)27-15-9-25-8-14(23)17(15)29-2-4-30(5-3-29)21(33)12-1-6-34-11-12/h7-10,12H,1-6,11H2,(H2,24,28)(H,27,32).